The SMILES string of the molecule is O=C(CCN1C(=O)C=CC1=O)NCCOCCOCCOCCOCCOCCOCCOCCNC(=O)O[C@@H]1/C=C/CCCCC1. The number of hydrogen-bond donors (Lipinski definition) is 2. The van der Waals surface area contributed by atoms with Gasteiger partial charge in [0.2, 0.25) is 5.91 Å². The van der Waals surface area contributed by atoms with Crippen LogP contribution in [0.5, 0.6) is 0 Å². The minimum Gasteiger partial charge on any atom is -0.442 e. The molecule has 0 aromatic rings. The zero-order valence-electron chi connectivity index (χ0n) is 27.5. The monoisotopic (exact) mass is 671 g/mol. The lowest BCUT2D eigenvalue weighted by Crippen LogP contribution is -2.35. The predicted octanol–water partition coefficient (Wildman–Crippen LogP) is 1.15. The van der Waals surface area contributed by atoms with Crippen molar-refractivity contribution in [3.05, 3.63) is 24.3 Å². The Kier molecular flexibility index (Phi) is 24.1. The van der Waals surface area contributed by atoms with Gasteiger partial charge in [0.05, 0.1) is 92.5 Å². The van der Waals surface area contributed by atoms with E-state index in [-0.39, 0.29) is 25.0 Å². The second-order valence-electron chi connectivity index (χ2n) is 10.5. The third kappa shape index (κ3) is 22.3. The number of carbonyl (C=O) groups excluding carboxylic acids is 4. The molecule has 15 heteroatoms. The number of ether oxygens (including phenoxy) is 8. The van der Waals surface area contributed by atoms with Crippen LogP contribution >= 0.6 is 0 Å². The Morgan fingerprint density at radius 3 is 1.62 bits per heavy atom. The highest BCUT2D eigenvalue weighted by atomic mass is 16.6. The zero-order chi connectivity index (χ0) is 33.6. The van der Waals surface area contributed by atoms with Crippen molar-refractivity contribution in [2.24, 2.45) is 0 Å². The molecule has 0 saturated heterocycles. The molecule has 0 aromatic heterocycles. The first-order valence-corrected chi connectivity index (χ1v) is 16.5. The van der Waals surface area contributed by atoms with Crippen molar-refractivity contribution in [1.29, 1.82) is 0 Å². The lowest BCUT2D eigenvalue weighted by Gasteiger charge is -2.16. The van der Waals surface area contributed by atoms with E-state index in [1.165, 1.54) is 25.0 Å². The number of hydrogen-bond acceptors (Lipinski definition) is 12. The second-order valence-corrected chi connectivity index (χ2v) is 10.5. The Morgan fingerprint density at radius 1 is 0.638 bits per heavy atom. The second kappa shape index (κ2) is 28.1. The van der Waals surface area contributed by atoms with Crippen molar-refractivity contribution in [3.8, 4) is 0 Å². The molecule has 15 nitrogen and oxygen atoms in total. The Bertz CT molecular complexity index is 915. The largest absolute Gasteiger partial charge is 0.442 e. The fraction of sp³-hybridized carbons (Fsp3) is 0.750. The molecule has 0 bridgehead atoms. The Hall–Kier alpha value is -2.92. The van der Waals surface area contributed by atoms with Crippen LogP contribution in [-0.2, 0) is 52.3 Å². The molecule has 2 aliphatic rings. The van der Waals surface area contributed by atoms with E-state index in [1.807, 2.05) is 6.08 Å². The highest BCUT2D eigenvalue weighted by Crippen LogP contribution is 2.14. The van der Waals surface area contributed by atoms with Crippen LogP contribution in [-0.4, -0.2) is 147 Å². The lowest BCUT2D eigenvalue weighted by atomic mass is 10.0. The molecule has 1 aliphatic heterocycles. The number of alkyl carbamates (subject to hydrolysis) is 1. The van der Waals surface area contributed by atoms with Crippen molar-refractivity contribution >= 4 is 23.8 Å². The van der Waals surface area contributed by atoms with E-state index < -0.39 is 17.9 Å². The van der Waals surface area contributed by atoms with Gasteiger partial charge in [0, 0.05) is 38.2 Å². The van der Waals surface area contributed by atoms with E-state index in [0.29, 0.717) is 106 Å². The number of nitrogens with zero attached hydrogens (tertiary/aromatic N) is 1. The van der Waals surface area contributed by atoms with Gasteiger partial charge in [-0.2, -0.15) is 0 Å². The van der Waals surface area contributed by atoms with Crippen LogP contribution in [0.25, 0.3) is 0 Å². The summed E-state index contributed by atoms with van der Waals surface area (Å²) in [5.41, 5.74) is 0. The number of rotatable bonds is 28. The highest BCUT2D eigenvalue weighted by Gasteiger charge is 2.23. The van der Waals surface area contributed by atoms with Crippen molar-refractivity contribution < 1.29 is 57.1 Å². The van der Waals surface area contributed by atoms with Gasteiger partial charge in [-0.05, 0) is 31.8 Å². The number of imide groups is 1. The van der Waals surface area contributed by atoms with Gasteiger partial charge in [0.1, 0.15) is 6.10 Å². The normalized spacial score (nSPS) is 17.0. The quantitative estimate of drug-likeness (QED) is 0.0693. The third-order valence-corrected chi connectivity index (χ3v) is 6.75. The fourth-order valence-corrected chi connectivity index (χ4v) is 4.27. The first-order chi connectivity index (χ1) is 23.1. The number of carbonyl (C=O) groups is 4. The molecule has 2 rings (SSSR count). The average Bonchev–Trinajstić information content (AvgIpc) is 3.37. The number of nitrogens with one attached hydrogen (secondary N) is 2. The van der Waals surface area contributed by atoms with Gasteiger partial charge in [-0.25, -0.2) is 4.79 Å². The Balaban J connectivity index is 1.20. The Morgan fingerprint density at radius 2 is 1.11 bits per heavy atom. The highest BCUT2D eigenvalue weighted by molar-refractivity contribution is 6.13. The molecule has 0 aromatic carbocycles. The number of allylic oxidation sites excluding steroid dienone is 1. The van der Waals surface area contributed by atoms with Crippen LogP contribution in [0.3, 0.4) is 0 Å². The summed E-state index contributed by atoms with van der Waals surface area (Å²) in [6.45, 7) is 6.78. The van der Waals surface area contributed by atoms with Crippen molar-refractivity contribution in [1.82, 2.24) is 15.5 Å². The molecule has 0 saturated carbocycles. The summed E-state index contributed by atoms with van der Waals surface area (Å²) >= 11 is 0. The summed E-state index contributed by atoms with van der Waals surface area (Å²) in [6, 6.07) is 0. The van der Waals surface area contributed by atoms with Gasteiger partial charge in [-0.3, -0.25) is 19.3 Å². The first-order valence-electron chi connectivity index (χ1n) is 16.5. The topological polar surface area (TPSA) is 169 Å². The molecule has 1 aliphatic carbocycles. The minimum absolute atomic E-state index is 0.0512. The van der Waals surface area contributed by atoms with Gasteiger partial charge in [0.15, 0.2) is 0 Å². The van der Waals surface area contributed by atoms with E-state index in [4.69, 9.17) is 37.9 Å². The lowest BCUT2D eigenvalue weighted by molar-refractivity contribution is -0.137. The maximum atomic E-state index is 11.9. The van der Waals surface area contributed by atoms with Gasteiger partial charge >= 0.3 is 6.09 Å². The van der Waals surface area contributed by atoms with Gasteiger partial charge in [0.25, 0.3) is 11.8 Å². The van der Waals surface area contributed by atoms with Crippen LogP contribution in [0.2, 0.25) is 0 Å². The number of amides is 4. The molecule has 0 radical (unpaired) electrons. The summed E-state index contributed by atoms with van der Waals surface area (Å²) < 4.78 is 43.5. The smallest absolute Gasteiger partial charge is 0.407 e. The van der Waals surface area contributed by atoms with Crippen molar-refractivity contribution in [2.45, 2.75) is 44.6 Å². The minimum atomic E-state index is -0.414. The summed E-state index contributed by atoms with van der Waals surface area (Å²) in [6.07, 6.45) is 11.3. The van der Waals surface area contributed by atoms with Gasteiger partial charge in [-0.15, -0.1) is 0 Å². The van der Waals surface area contributed by atoms with Gasteiger partial charge < -0.3 is 48.5 Å². The molecule has 268 valence electrons. The maximum Gasteiger partial charge on any atom is 0.407 e. The predicted molar refractivity (Wildman–Crippen MR) is 170 cm³/mol. The summed E-state index contributed by atoms with van der Waals surface area (Å²) in [5, 5.41) is 5.38. The van der Waals surface area contributed by atoms with Crippen LogP contribution < -0.4 is 10.6 Å². The molecule has 0 unspecified atom stereocenters. The molecule has 0 spiro atoms. The van der Waals surface area contributed by atoms with Crippen LogP contribution in [0.15, 0.2) is 24.3 Å². The molecular formula is C32H53N3O12. The fourth-order valence-electron chi connectivity index (χ4n) is 4.27. The van der Waals surface area contributed by atoms with E-state index in [9.17, 15) is 19.2 Å². The third-order valence-electron chi connectivity index (χ3n) is 6.75. The van der Waals surface area contributed by atoms with Crippen molar-refractivity contribution in [2.75, 3.05) is 112 Å². The summed E-state index contributed by atoms with van der Waals surface area (Å²) in [4.78, 5) is 47.6. The molecule has 1 heterocycles. The van der Waals surface area contributed by atoms with Crippen LogP contribution in [0.4, 0.5) is 4.79 Å². The molecule has 0 fully saturated rings. The standard InChI is InChI=1S/C32H53N3O12/c36-29(10-13-35-30(37)8-9-31(35)38)33-11-14-40-16-18-42-20-22-44-24-26-46-27-25-45-23-21-43-19-17-41-15-12-34-32(39)47-28-6-4-2-1-3-5-7-28/h4,6,8-9,28H,1-3,5,7,10-27H2,(H,33,36)(H,34,39)/b6-4+/t28-/m1/s1. The first kappa shape index (κ1) is 40.3. The average molecular weight is 672 g/mol. The molecule has 4 amide bonds. The van der Waals surface area contributed by atoms with E-state index >= 15 is 0 Å². The summed E-state index contributed by atoms with van der Waals surface area (Å²) in [5.74, 6) is -1.05. The van der Waals surface area contributed by atoms with Crippen LogP contribution in [0.1, 0.15) is 38.5 Å². The van der Waals surface area contributed by atoms with E-state index in [0.717, 1.165) is 24.2 Å². The summed E-state index contributed by atoms with van der Waals surface area (Å²) in [7, 11) is 0. The van der Waals surface area contributed by atoms with Crippen molar-refractivity contribution in [3.63, 3.8) is 0 Å². The van der Waals surface area contributed by atoms with Gasteiger partial charge in [-0.1, -0.05) is 12.5 Å². The molecule has 1 atom stereocenters. The maximum absolute atomic E-state index is 11.9. The molecular weight excluding hydrogens is 618 g/mol. The van der Waals surface area contributed by atoms with Crippen LogP contribution in [0, 0.1) is 0 Å². The zero-order valence-corrected chi connectivity index (χ0v) is 27.5. The Labute approximate surface area is 277 Å². The van der Waals surface area contributed by atoms with E-state index in [2.05, 4.69) is 16.7 Å². The molecule has 47 heavy (non-hydrogen) atoms. The molecule has 2 N–H and O–H groups in total. The van der Waals surface area contributed by atoms with E-state index in [1.54, 1.807) is 0 Å².